The van der Waals surface area contributed by atoms with Crippen molar-refractivity contribution in [1.29, 1.82) is 0 Å². The summed E-state index contributed by atoms with van der Waals surface area (Å²) in [5.41, 5.74) is 1.02. The van der Waals surface area contributed by atoms with Crippen molar-refractivity contribution in [2.75, 3.05) is 13.2 Å². The van der Waals surface area contributed by atoms with E-state index in [1.54, 1.807) is 0 Å². The lowest BCUT2D eigenvalue weighted by atomic mass is 10.1. The number of carbonyl (C=O) groups is 1. The van der Waals surface area contributed by atoms with Crippen LogP contribution in [0.1, 0.15) is 52.1 Å². The van der Waals surface area contributed by atoms with E-state index >= 15 is 0 Å². The number of carbonyl (C=O) groups excluding carboxylic acids is 1. The SMILES string of the molecule is CCCC(=O)NC(C)c1ccc(OCC)c(OCC)c1. The predicted octanol–water partition coefficient (Wildman–Crippen LogP) is 3.46. The minimum atomic E-state index is -0.0380. The molecular formula is C16H25NO3. The molecule has 0 fully saturated rings. The Kier molecular flexibility index (Phi) is 6.91. The minimum absolute atomic E-state index is 0.0380. The third kappa shape index (κ3) is 4.76. The van der Waals surface area contributed by atoms with Crippen LogP contribution in [-0.2, 0) is 4.79 Å². The van der Waals surface area contributed by atoms with Crippen molar-refractivity contribution in [2.24, 2.45) is 0 Å². The van der Waals surface area contributed by atoms with E-state index in [2.05, 4.69) is 5.32 Å². The Morgan fingerprint density at radius 2 is 1.80 bits per heavy atom. The molecule has 0 radical (unpaired) electrons. The Hall–Kier alpha value is -1.71. The number of amides is 1. The molecule has 20 heavy (non-hydrogen) atoms. The molecule has 0 bridgehead atoms. The van der Waals surface area contributed by atoms with Gasteiger partial charge in [-0.2, -0.15) is 0 Å². The van der Waals surface area contributed by atoms with Crippen LogP contribution >= 0.6 is 0 Å². The lowest BCUT2D eigenvalue weighted by molar-refractivity contribution is -0.121. The molecule has 0 saturated carbocycles. The van der Waals surface area contributed by atoms with Crippen LogP contribution in [0.15, 0.2) is 18.2 Å². The van der Waals surface area contributed by atoms with Gasteiger partial charge in [-0.25, -0.2) is 0 Å². The second-order valence-corrected chi connectivity index (χ2v) is 4.61. The normalized spacial score (nSPS) is 11.8. The summed E-state index contributed by atoms with van der Waals surface area (Å²) in [7, 11) is 0. The fourth-order valence-electron chi connectivity index (χ4n) is 1.96. The van der Waals surface area contributed by atoms with Crippen LogP contribution < -0.4 is 14.8 Å². The van der Waals surface area contributed by atoms with Crippen LogP contribution in [0.3, 0.4) is 0 Å². The Morgan fingerprint density at radius 3 is 2.40 bits per heavy atom. The smallest absolute Gasteiger partial charge is 0.220 e. The molecule has 1 unspecified atom stereocenters. The summed E-state index contributed by atoms with van der Waals surface area (Å²) in [5.74, 6) is 1.54. The van der Waals surface area contributed by atoms with Crippen molar-refractivity contribution in [3.8, 4) is 11.5 Å². The predicted molar refractivity (Wildman–Crippen MR) is 80.2 cm³/mol. The molecule has 4 heteroatoms. The lowest BCUT2D eigenvalue weighted by Crippen LogP contribution is -2.26. The lowest BCUT2D eigenvalue weighted by Gasteiger charge is -2.17. The van der Waals surface area contributed by atoms with Crippen molar-refractivity contribution in [3.05, 3.63) is 23.8 Å². The Balaban J connectivity index is 2.84. The van der Waals surface area contributed by atoms with Crippen LogP contribution in [0.5, 0.6) is 11.5 Å². The van der Waals surface area contributed by atoms with Crippen molar-refractivity contribution in [3.63, 3.8) is 0 Å². The Morgan fingerprint density at radius 1 is 1.15 bits per heavy atom. The first-order chi connectivity index (χ1) is 9.62. The Bertz CT molecular complexity index is 432. The summed E-state index contributed by atoms with van der Waals surface area (Å²) in [5, 5.41) is 2.98. The fraction of sp³-hybridized carbons (Fsp3) is 0.562. The molecule has 0 saturated heterocycles. The highest BCUT2D eigenvalue weighted by molar-refractivity contribution is 5.76. The second-order valence-electron chi connectivity index (χ2n) is 4.61. The maximum atomic E-state index is 11.6. The van der Waals surface area contributed by atoms with E-state index < -0.39 is 0 Å². The van der Waals surface area contributed by atoms with E-state index in [4.69, 9.17) is 9.47 Å². The third-order valence-electron chi connectivity index (χ3n) is 2.92. The highest BCUT2D eigenvalue weighted by Crippen LogP contribution is 2.30. The molecule has 1 aromatic rings. The average Bonchev–Trinajstić information content (AvgIpc) is 2.41. The van der Waals surface area contributed by atoms with E-state index in [1.165, 1.54) is 0 Å². The van der Waals surface area contributed by atoms with Crippen LogP contribution in [0, 0.1) is 0 Å². The zero-order chi connectivity index (χ0) is 15.0. The van der Waals surface area contributed by atoms with Gasteiger partial charge in [0.05, 0.1) is 19.3 Å². The van der Waals surface area contributed by atoms with Crippen LogP contribution in [0.2, 0.25) is 0 Å². The number of hydrogen-bond donors (Lipinski definition) is 1. The van der Waals surface area contributed by atoms with Gasteiger partial charge in [0, 0.05) is 6.42 Å². The molecule has 0 heterocycles. The molecule has 0 aromatic heterocycles. The summed E-state index contributed by atoms with van der Waals surface area (Å²) in [4.78, 5) is 11.6. The summed E-state index contributed by atoms with van der Waals surface area (Å²) in [6.45, 7) is 9.03. The monoisotopic (exact) mass is 279 g/mol. The highest BCUT2D eigenvalue weighted by Gasteiger charge is 2.12. The molecule has 0 aliphatic rings. The van der Waals surface area contributed by atoms with Gasteiger partial charge in [-0.3, -0.25) is 4.79 Å². The second kappa shape index (κ2) is 8.46. The summed E-state index contributed by atoms with van der Waals surface area (Å²) in [6.07, 6.45) is 1.41. The number of ether oxygens (including phenoxy) is 2. The van der Waals surface area contributed by atoms with E-state index in [0.29, 0.717) is 19.6 Å². The van der Waals surface area contributed by atoms with Gasteiger partial charge in [-0.05, 0) is 44.9 Å². The molecule has 1 atom stereocenters. The molecule has 1 aromatic carbocycles. The van der Waals surface area contributed by atoms with E-state index in [9.17, 15) is 4.79 Å². The number of nitrogens with one attached hydrogen (secondary N) is 1. The molecule has 112 valence electrons. The Labute approximate surface area is 121 Å². The van der Waals surface area contributed by atoms with Gasteiger partial charge >= 0.3 is 0 Å². The van der Waals surface area contributed by atoms with E-state index in [0.717, 1.165) is 23.5 Å². The van der Waals surface area contributed by atoms with Crippen molar-refractivity contribution in [2.45, 2.75) is 46.6 Å². The van der Waals surface area contributed by atoms with Crippen molar-refractivity contribution >= 4 is 5.91 Å². The van der Waals surface area contributed by atoms with Crippen LogP contribution in [-0.4, -0.2) is 19.1 Å². The van der Waals surface area contributed by atoms with Gasteiger partial charge in [0.15, 0.2) is 11.5 Å². The first-order valence-corrected chi connectivity index (χ1v) is 7.31. The van der Waals surface area contributed by atoms with Gasteiger partial charge in [0.2, 0.25) is 5.91 Å². The zero-order valence-corrected chi connectivity index (χ0v) is 12.9. The number of hydrogen-bond acceptors (Lipinski definition) is 3. The van der Waals surface area contributed by atoms with Crippen molar-refractivity contribution in [1.82, 2.24) is 5.32 Å². The standard InChI is InChI=1S/C16H25NO3/c1-5-8-16(18)17-12(4)13-9-10-14(19-6-2)15(11-13)20-7-3/h9-12H,5-8H2,1-4H3,(H,17,18). The molecule has 1 N–H and O–H groups in total. The largest absolute Gasteiger partial charge is 0.490 e. The van der Waals surface area contributed by atoms with Crippen LogP contribution in [0.25, 0.3) is 0 Å². The zero-order valence-electron chi connectivity index (χ0n) is 12.9. The first kappa shape index (κ1) is 16.3. The summed E-state index contributed by atoms with van der Waals surface area (Å²) < 4.78 is 11.1. The van der Waals surface area contributed by atoms with Crippen molar-refractivity contribution < 1.29 is 14.3 Å². The molecule has 0 spiro atoms. The molecule has 1 rings (SSSR count). The van der Waals surface area contributed by atoms with Gasteiger partial charge in [0.1, 0.15) is 0 Å². The molecule has 0 aliphatic carbocycles. The number of rotatable bonds is 8. The minimum Gasteiger partial charge on any atom is -0.490 e. The molecule has 0 aliphatic heterocycles. The van der Waals surface area contributed by atoms with E-state index in [1.807, 2.05) is 45.9 Å². The van der Waals surface area contributed by atoms with E-state index in [-0.39, 0.29) is 11.9 Å². The maximum absolute atomic E-state index is 11.6. The summed E-state index contributed by atoms with van der Waals surface area (Å²) >= 11 is 0. The quantitative estimate of drug-likeness (QED) is 0.792. The third-order valence-corrected chi connectivity index (χ3v) is 2.92. The average molecular weight is 279 g/mol. The number of benzene rings is 1. The first-order valence-electron chi connectivity index (χ1n) is 7.31. The van der Waals surface area contributed by atoms with Gasteiger partial charge < -0.3 is 14.8 Å². The molecule has 1 amide bonds. The fourth-order valence-corrected chi connectivity index (χ4v) is 1.96. The molecular weight excluding hydrogens is 254 g/mol. The van der Waals surface area contributed by atoms with Crippen LogP contribution in [0.4, 0.5) is 0 Å². The summed E-state index contributed by atoms with van der Waals surface area (Å²) in [6, 6.07) is 5.76. The molecule has 4 nitrogen and oxygen atoms in total. The topological polar surface area (TPSA) is 47.6 Å². The van der Waals surface area contributed by atoms with Gasteiger partial charge in [-0.15, -0.1) is 0 Å². The maximum Gasteiger partial charge on any atom is 0.220 e. The highest BCUT2D eigenvalue weighted by atomic mass is 16.5. The van der Waals surface area contributed by atoms with Gasteiger partial charge in [0.25, 0.3) is 0 Å². The van der Waals surface area contributed by atoms with Gasteiger partial charge in [-0.1, -0.05) is 13.0 Å².